The predicted octanol–water partition coefficient (Wildman–Crippen LogP) is 3.93. The van der Waals surface area contributed by atoms with Crippen LogP contribution in [0.4, 0.5) is 0 Å². The number of carbonyl (C=O) groups excluding carboxylic acids is 1. The van der Waals surface area contributed by atoms with Gasteiger partial charge in [-0.15, -0.1) is 0 Å². The third-order valence-corrected chi connectivity index (χ3v) is 3.46. The standard InChI is InChI=1S/C12H9BrClNO3/c1-2-17-12(16)8-6-15-18-11(8)7-3-4-10(14)9(13)5-7/h3-6H,2H2,1H3. The van der Waals surface area contributed by atoms with Crippen molar-refractivity contribution in [3.8, 4) is 11.3 Å². The van der Waals surface area contributed by atoms with Crippen LogP contribution in [0, 0.1) is 0 Å². The van der Waals surface area contributed by atoms with E-state index in [9.17, 15) is 4.79 Å². The van der Waals surface area contributed by atoms with Gasteiger partial charge in [-0.1, -0.05) is 16.8 Å². The van der Waals surface area contributed by atoms with Gasteiger partial charge in [-0.2, -0.15) is 0 Å². The van der Waals surface area contributed by atoms with Crippen LogP contribution in [0.15, 0.2) is 33.4 Å². The highest BCUT2D eigenvalue weighted by atomic mass is 79.9. The third-order valence-electron chi connectivity index (χ3n) is 2.25. The number of carbonyl (C=O) groups is 1. The number of nitrogens with zero attached hydrogens (tertiary/aromatic N) is 1. The summed E-state index contributed by atoms with van der Waals surface area (Å²) in [5.41, 5.74) is 0.998. The molecule has 0 radical (unpaired) electrons. The molecule has 0 amide bonds. The number of esters is 1. The lowest BCUT2D eigenvalue weighted by atomic mass is 10.1. The highest BCUT2D eigenvalue weighted by Crippen LogP contribution is 2.30. The normalized spacial score (nSPS) is 10.4. The van der Waals surface area contributed by atoms with E-state index in [2.05, 4.69) is 21.1 Å². The molecule has 0 aliphatic heterocycles. The molecule has 2 rings (SSSR count). The molecule has 94 valence electrons. The molecule has 1 aromatic carbocycles. The molecule has 0 N–H and O–H groups in total. The van der Waals surface area contributed by atoms with Crippen molar-refractivity contribution in [2.45, 2.75) is 6.92 Å². The van der Waals surface area contributed by atoms with Gasteiger partial charge >= 0.3 is 5.97 Å². The van der Waals surface area contributed by atoms with Crippen molar-refractivity contribution in [2.75, 3.05) is 6.61 Å². The Morgan fingerprint density at radius 1 is 1.56 bits per heavy atom. The molecule has 0 spiro atoms. The van der Waals surface area contributed by atoms with Crippen molar-refractivity contribution in [3.63, 3.8) is 0 Å². The molecule has 4 nitrogen and oxygen atoms in total. The van der Waals surface area contributed by atoms with Crippen molar-refractivity contribution in [3.05, 3.63) is 39.5 Å². The molecule has 1 heterocycles. The Balaban J connectivity index is 2.42. The fourth-order valence-corrected chi connectivity index (χ4v) is 1.94. The van der Waals surface area contributed by atoms with Gasteiger partial charge in [0.15, 0.2) is 5.76 Å². The number of ether oxygens (including phenoxy) is 1. The number of hydrogen-bond donors (Lipinski definition) is 0. The molecular weight excluding hydrogens is 321 g/mol. The van der Waals surface area contributed by atoms with E-state index in [1.54, 1.807) is 25.1 Å². The molecular formula is C12H9BrClNO3. The van der Waals surface area contributed by atoms with Crippen LogP contribution in [0.3, 0.4) is 0 Å². The predicted molar refractivity (Wildman–Crippen MR) is 70.6 cm³/mol. The summed E-state index contributed by atoms with van der Waals surface area (Å²) in [7, 11) is 0. The lowest BCUT2D eigenvalue weighted by Gasteiger charge is -2.03. The van der Waals surface area contributed by atoms with Crippen molar-refractivity contribution in [2.24, 2.45) is 0 Å². The first kappa shape index (κ1) is 13.1. The van der Waals surface area contributed by atoms with E-state index < -0.39 is 5.97 Å². The van der Waals surface area contributed by atoms with Gasteiger partial charge < -0.3 is 9.26 Å². The molecule has 18 heavy (non-hydrogen) atoms. The summed E-state index contributed by atoms with van der Waals surface area (Å²) in [6, 6.07) is 5.21. The SMILES string of the molecule is CCOC(=O)c1cnoc1-c1ccc(Cl)c(Br)c1. The van der Waals surface area contributed by atoms with E-state index in [0.29, 0.717) is 33.0 Å². The van der Waals surface area contributed by atoms with Crippen LogP contribution >= 0.6 is 27.5 Å². The van der Waals surface area contributed by atoms with Crippen LogP contribution in [0.25, 0.3) is 11.3 Å². The number of benzene rings is 1. The van der Waals surface area contributed by atoms with Gasteiger partial charge in [0.2, 0.25) is 0 Å². The van der Waals surface area contributed by atoms with Crippen molar-refractivity contribution < 1.29 is 14.1 Å². The zero-order valence-corrected chi connectivity index (χ0v) is 11.8. The summed E-state index contributed by atoms with van der Waals surface area (Å²) >= 11 is 9.22. The van der Waals surface area contributed by atoms with E-state index in [1.807, 2.05) is 0 Å². The van der Waals surface area contributed by atoms with Crippen LogP contribution in [0.1, 0.15) is 17.3 Å². The zero-order chi connectivity index (χ0) is 13.1. The van der Waals surface area contributed by atoms with E-state index in [1.165, 1.54) is 6.20 Å². The molecule has 0 fully saturated rings. The third kappa shape index (κ3) is 2.57. The van der Waals surface area contributed by atoms with Crippen molar-refractivity contribution >= 4 is 33.5 Å². The van der Waals surface area contributed by atoms with E-state index in [4.69, 9.17) is 20.9 Å². The lowest BCUT2D eigenvalue weighted by molar-refractivity contribution is 0.0527. The van der Waals surface area contributed by atoms with E-state index >= 15 is 0 Å². The smallest absolute Gasteiger partial charge is 0.343 e. The van der Waals surface area contributed by atoms with Crippen LogP contribution < -0.4 is 0 Å². The summed E-state index contributed by atoms with van der Waals surface area (Å²) in [5, 5.41) is 4.21. The molecule has 0 saturated heterocycles. The monoisotopic (exact) mass is 329 g/mol. The maximum atomic E-state index is 11.7. The second kappa shape index (κ2) is 5.54. The average molecular weight is 331 g/mol. The van der Waals surface area contributed by atoms with E-state index in [-0.39, 0.29) is 0 Å². The number of rotatable bonds is 3. The summed E-state index contributed by atoms with van der Waals surface area (Å²) in [4.78, 5) is 11.7. The molecule has 6 heteroatoms. The van der Waals surface area contributed by atoms with Gasteiger partial charge in [0.1, 0.15) is 5.56 Å². The molecule has 0 atom stereocenters. The highest BCUT2D eigenvalue weighted by molar-refractivity contribution is 9.10. The Kier molecular flexibility index (Phi) is 4.04. The van der Waals surface area contributed by atoms with Gasteiger partial charge in [-0.05, 0) is 41.1 Å². The summed E-state index contributed by atoms with van der Waals surface area (Å²) in [6.07, 6.45) is 1.34. The van der Waals surface area contributed by atoms with Gasteiger partial charge in [-0.25, -0.2) is 4.79 Å². The Labute approximate surface area is 117 Å². The maximum absolute atomic E-state index is 11.7. The molecule has 0 unspecified atom stereocenters. The highest BCUT2D eigenvalue weighted by Gasteiger charge is 2.19. The first-order valence-electron chi connectivity index (χ1n) is 5.20. The average Bonchev–Trinajstić information content (AvgIpc) is 2.82. The second-order valence-corrected chi connectivity index (χ2v) is 4.68. The summed E-state index contributed by atoms with van der Waals surface area (Å²) < 4.78 is 10.7. The number of hydrogen-bond acceptors (Lipinski definition) is 4. The lowest BCUT2D eigenvalue weighted by Crippen LogP contribution is -2.04. The van der Waals surface area contributed by atoms with Crippen molar-refractivity contribution in [1.29, 1.82) is 0 Å². The second-order valence-electron chi connectivity index (χ2n) is 3.42. The van der Waals surface area contributed by atoms with Crippen LogP contribution in [0.5, 0.6) is 0 Å². The Hall–Kier alpha value is -1.33. The molecule has 1 aromatic heterocycles. The van der Waals surface area contributed by atoms with Crippen molar-refractivity contribution in [1.82, 2.24) is 5.16 Å². The fourth-order valence-electron chi connectivity index (χ4n) is 1.44. The van der Waals surface area contributed by atoms with Gasteiger partial charge in [-0.3, -0.25) is 0 Å². The number of halogens is 2. The molecule has 0 saturated carbocycles. The zero-order valence-electron chi connectivity index (χ0n) is 9.44. The van der Waals surface area contributed by atoms with Crippen LogP contribution in [-0.4, -0.2) is 17.7 Å². The molecule has 2 aromatic rings. The first-order valence-corrected chi connectivity index (χ1v) is 6.37. The minimum absolute atomic E-state index is 0.297. The summed E-state index contributed by atoms with van der Waals surface area (Å²) in [5.74, 6) is -0.0920. The fraction of sp³-hybridized carbons (Fsp3) is 0.167. The number of aromatic nitrogens is 1. The van der Waals surface area contributed by atoms with Gasteiger partial charge in [0.25, 0.3) is 0 Å². The molecule has 0 aliphatic carbocycles. The quantitative estimate of drug-likeness (QED) is 0.800. The topological polar surface area (TPSA) is 52.3 Å². The Morgan fingerprint density at radius 2 is 2.33 bits per heavy atom. The van der Waals surface area contributed by atoms with Gasteiger partial charge in [0, 0.05) is 10.0 Å². The maximum Gasteiger partial charge on any atom is 0.343 e. The minimum atomic E-state index is -0.458. The Morgan fingerprint density at radius 3 is 3.00 bits per heavy atom. The van der Waals surface area contributed by atoms with Gasteiger partial charge in [0.05, 0.1) is 17.8 Å². The first-order chi connectivity index (χ1) is 8.63. The largest absolute Gasteiger partial charge is 0.462 e. The molecule has 0 bridgehead atoms. The van der Waals surface area contributed by atoms with E-state index in [0.717, 1.165) is 0 Å². The summed E-state index contributed by atoms with van der Waals surface area (Å²) in [6.45, 7) is 2.04. The molecule has 0 aliphatic rings. The van der Waals surface area contributed by atoms with Crippen LogP contribution in [-0.2, 0) is 4.74 Å². The Bertz CT molecular complexity index is 582. The van der Waals surface area contributed by atoms with Crippen LogP contribution in [0.2, 0.25) is 5.02 Å². The minimum Gasteiger partial charge on any atom is -0.462 e.